The van der Waals surface area contributed by atoms with Crippen LogP contribution in [0, 0.1) is 39.9 Å². The molecule has 1 aliphatic heterocycles. The summed E-state index contributed by atoms with van der Waals surface area (Å²) in [5.74, 6) is -10.6. The van der Waals surface area contributed by atoms with E-state index >= 15 is 0 Å². The van der Waals surface area contributed by atoms with Crippen LogP contribution in [0.5, 0.6) is 0 Å². The van der Waals surface area contributed by atoms with Crippen molar-refractivity contribution in [2.24, 2.45) is 39.9 Å². The normalized spacial score (nSPS) is 42.5. The molecule has 1 saturated heterocycles. The zero-order chi connectivity index (χ0) is 39.2. The summed E-state index contributed by atoms with van der Waals surface area (Å²) >= 11 is 0. The maximum atomic E-state index is 13.9. The fourth-order valence-corrected chi connectivity index (χ4v) is 12.0. The van der Waals surface area contributed by atoms with Crippen molar-refractivity contribution in [1.29, 1.82) is 0 Å². The number of ether oxygens (including phenoxy) is 7. The van der Waals surface area contributed by atoms with E-state index in [1.54, 1.807) is 26.8 Å². The molecular weight excluding hydrogens is 700 g/mol. The number of esters is 7. The monoisotopic (exact) mass is 746 g/mol. The molecule has 1 aromatic rings. The molecule has 0 radical (unpaired) electrons. The molecule has 0 aromatic carbocycles. The summed E-state index contributed by atoms with van der Waals surface area (Å²) in [6.45, 7) is 10.8. The molecule has 0 unspecified atom stereocenters. The van der Waals surface area contributed by atoms with Crippen molar-refractivity contribution in [2.75, 3.05) is 7.11 Å². The highest BCUT2D eigenvalue weighted by Crippen LogP contribution is 2.82. The summed E-state index contributed by atoms with van der Waals surface area (Å²) in [6, 6.07) is 1.57. The minimum atomic E-state index is -2.28. The number of methoxy groups -OCH3 is 1. The van der Waals surface area contributed by atoms with Crippen LogP contribution in [-0.2, 0) is 66.7 Å². The highest BCUT2D eigenvalue weighted by atomic mass is 16.6. The zero-order valence-electron chi connectivity index (χ0n) is 31.1. The molecule has 0 amide bonds. The van der Waals surface area contributed by atoms with Gasteiger partial charge >= 0.3 is 41.8 Å². The van der Waals surface area contributed by atoms with Crippen molar-refractivity contribution in [3.05, 3.63) is 24.2 Å². The predicted molar refractivity (Wildman–Crippen MR) is 173 cm³/mol. The Kier molecular flexibility index (Phi) is 9.06. The van der Waals surface area contributed by atoms with E-state index in [1.807, 2.05) is 0 Å². The van der Waals surface area contributed by atoms with Gasteiger partial charge in [-0.2, -0.15) is 0 Å². The van der Waals surface area contributed by atoms with Crippen molar-refractivity contribution in [1.82, 2.24) is 0 Å². The van der Waals surface area contributed by atoms with Gasteiger partial charge in [0.25, 0.3) is 0 Å². The van der Waals surface area contributed by atoms with Crippen molar-refractivity contribution < 1.29 is 76.2 Å². The van der Waals surface area contributed by atoms with Gasteiger partial charge in [0.15, 0.2) is 0 Å². The standard InChI is InChI=1S/C37H46O16/c1-16(38)48-24-12-23-35(8)28(27(32(44)46-9)49-17(2)39)33(6)15-36(35,53-20(5)42)26(30(33)50-18(3)40)31(51-19(4)41)37(23,45)22-13-25(43)52-29(34(22,24)7)21-10-11-47-14-21/h10-11,14,22-24,26-31,45H,12-13,15H2,1-9H3/t22-,23-,24+,26-,27-,28+,29+,30-,31-,33-,34+,35-,36+,37+/m0/s1. The van der Waals surface area contributed by atoms with E-state index in [-0.39, 0.29) is 12.8 Å². The summed E-state index contributed by atoms with van der Waals surface area (Å²) in [6.07, 6.45) is -4.95. The van der Waals surface area contributed by atoms with Gasteiger partial charge in [0.2, 0.25) is 6.10 Å². The third-order valence-electron chi connectivity index (χ3n) is 13.2. The molecule has 4 saturated carbocycles. The minimum absolute atomic E-state index is 0.109. The molecule has 5 fully saturated rings. The van der Waals surface area contributed by atoms with Gasteiger partial charge in [0.1, 0.15) is 35.6 Å². The Labute approximate surface area is 305 Å². The zero-order valence-corrected chi connectivity index (χ0v) is 31.1. The summed E-state index contributed by atoms with van der Waals surface area (Å²) in [7, 11) is 1.10. The van der Waals surface area contributed by atoms with Crippen molar-refractivity contribution >= 4 is 41.8 Å². The van der Waals surface area contributed by atoms with Gasteiger partial charge in [-0.1, -0.05) is 20.8 Å². The quantitative estimate of drug-likeness (QED) is 0.299. The third kappa shape index (κ3) is 5.13. The molecule has 6 rings (SSSR count). The molecule has 14 atom stereocenters. The molecule has 2 bridgehead atoms. The van der Waals surface area contributed by atoms with Gasteiger partial charge in [0.05, 0.1) is 37.4 Å². The maximum absolute atomic E-state index is 13.9. The second-order valence-electron chi connectivity index (χ2n) is 15.9. The highest BCUT2D eigenvalue weighted by Gasteiger charge is 2.92. The van der Waals surface area contributed by atoms with Crippen LogP contribution in [0.15, 0.2) is 23.0 Å². The second-order valence-corrected chi connectivity index (χ2v) is 15.9. The number of hydrogen-bond acceptors (Lipinski definition) is 16. The van der Waals surface area contributed by atoms with Crippen molar-refractivity contribution in [3.8, 4) is 0 Å². The Balaban J connectivity index is 1.73. The topological polar surface area (TPSA) is 217 Å². The van der Waals surface area contributed by atoms with Gasteiger partial charge < -0.3 is 42.7 Å². The van der Waals surface area contributed by atoms with Crippen LogP contribution in [0.2, 0.25) is 0 Å². The molecule has 16 nitrogen and oxygen atoms in total. The summed E-state index contributed by atoms with van der Waals surface area (Å²) < 4.78 is 46.9. The summed E-state index contributed by atoms with van der Waals surface area (Å²) in [5.41, 5.74) is -8.10. The first-order valence-electron chi connectivity index (χ1n) is 17.5. The number of hydrogen-bond donors (Lipinski definition) is 1. The number of cyclic esters (lactones) is 1. The van der Waals surface area contributed by atoms with Gasteiger partial charge in [0, 0.05) is 68.8 Å². The third-order valence-corrected chi connectivity index (χ3v) is 13.2. The number of furan rings is 1. The number of aliphatic hydroxyl groups is 1. The van der Waals surface area contributed by atoms with Crippen molar-refractivity contribution in [3.63, 3.8) is 0 Å². The van der Waals surface area contributed by atoms with E-state index in [1.165, 1.54) is 26.4 Å². The fraction of sp³-hybridized carbons (Fsp3) is 0.703. The summed E-state index contributed by atoms with van der Waals surface area (Å²) in [5, 5.41) is 13.9. The molecule has 0 spiro atoms. The Morgan fingerprint density at radius 3 is 2.02 bits per heavy atom. The molecule has 4 aliphatic carbocycles. The Hall–Kier alpha value is -4.47. The number of carbonyl (C=O) groups excluding carboxylic acids is 7. The van der Waals surface area contributed by atoms with Crippen molar-refractivity contribution in [2.45, 2.75) is 116 Å². The van der Waals surface area contributed by atoms with Crippen LogP contribution in [0.25, 0.3) is 0 Å². The SMILES string of the molecule is COC(=O)[C@@H](OC(C)=O)[C@@H]1[C@]2(C)C[C@@]3(OC(C)=O)[C@@H]([C@@H]2OC(C)=O)[C@H](OC(C)=O)[C@]2(O)[C@@H](C[C@@H](OC(C)=O)[C@]4(C)[C@@H](c5ccoc5)OC(=O)C[C@@H]42)[C@@]13C. The van der Waals surface area contributed by atoms with Crippen LogP contribution in [0.1, 0.15) is 86.3 Å². The lowest BCUT2D eigenvalue weighted by atomic mass is 9.35. The lowest BCUT2D eigenvalue weighted by Gasteiger charge is -2.73. The number of fused-ring (bicyclic) bond motifs is 5. The van der Waals surface area contributed by atoms with E-state index in [2.05, 4.69) is 0 Å². The first kappa shape index (κ1) is 38.3. The average Bonchev–Trinajstić information content (AvgIpc) is 3.70. The number of rotatable bonds is 8. The maximum Gasteiger partial charge on any atom is 0.347 e. The summed E-state index contributed by atoms with van der Waals surface area (Å²) in [4.78, 5) is 92.5. The first-order chi connectivity index (χ1) is 24.6. The average molecular weight is 747 g/mol. The fourth-order valence-electron chi connectivity index (χ4n) is 12.0. The lowest BCUT2D eigenvalue weighted by Crippen LogP contribution is -2.83. The van der Waals surface area contributed by atoms with E-state index in [9.17, 15) is 38.7 Å². The first-order valence-corrected chi connectivity index (χ1v) is 17.5. The largest absolute Gasteiger partial charge is 0.472 e. The van der Waals surface area contributed by atoms with Crippen LogP contribution in [-0.4, -0.2) is 89.6 Å². The Bertz CT molecular complexity index is 1740. The molecule has 16 heteroatoms. The van der Waals surface area contributed by atoms with Crippen LogP contribution >= 0.6 is 0 Å². The smallest absolute Gasteiger partial charge is 0.347 e. The molecule has 5 aliphatic rings. The molecule has 290 valence electrons. The lowest BCUT2D eigenvalue weighted by molar-refractivity contribution is -0.369. The highest BCUT2D eigenvalue weighted by molar-refractivity contribution is 5.80. The molecular formula is C37H46O16. The minimum Gasteiger partial charge on any atom is -0.472 e. The molecule has 2 heterocycles. The number of carbonyl (C=O) groups is 7. The van der Waals surface area contributed by atoms with E-state index in [0.717, 1.165) is 27.9 Å². The van der Waals surface area contributed by atoms with Crippen LogP contribution in [0.3, 0.4) is 0 Å². The van der Waals surface area contributed by atoms with E-state index in [0.29, 0.717) is 5.56 Å². The van der Waals surface area contributed by atoms with E-state index in [4.69, 9.17) is 37.6 Å². The van der Waals surface area contributed by atoms with Gasteiger partial charge in [-0.15, -0.1) is 0 Å². The molecule has 1 aromatic heterocycles. The van der Waals surface area contributed by atoms with Gasteiger partial charge in [-0.05, 0) is 18.9 Å². The molecule has 1 N–H and O–H groups in total. The van der Waals surface area contributed by atoms with E-state index < -0.39 is 130 Å². The van der Waals surface area contributed by atoms with Crippen LogP contribution < -0.4 is 0 Å². The van der Waals surface area contributed by atoms with Gasteiger partial charge in [-0.3, -0.25) is 28.8 Å². The predicted octanol–water partition coefficient (Wildman–Crippen LogP) is 2.52. The Morgan fingerprint density at radius 2 is 1.49 bits per heavy atom. The Morgan fingerprint density at radius 1 is 0.868 bits per heavy atom. The molecule has 53 heavy (non-hydrogen) atoms. The van der Waals surface area contributed by atoms with Gasteiger partial charge in [-0.25, -0.2) is 4.79 Å². The second kappa shape index (κ2) is 12.6. The van der Waals surface area contributed by atoms with Crippen LogP contribution in [0.4, 0.5) is 0 Å².